The summed E-state index contributed by atoms with van der Waals surface area (Å²) in [4.78, 5) is 10.9. The highest BCUT2D eigenvalue weighted by molar-refractivity contribution is 7.10. The first kappa shape index (κ1) is 15.9. The Hall–Kier alpha value is -1.46. The quantitative estimate of drug-likeness (QED) is 0.813. The summed E-state index contributed by atoms with van der Waals surface area (Å²) < 4.78 is 11.0. The standard InChI is InChI=1S/C7H6N2OS.C7H13NO2/c8-2-6-1-7(11-4-6)3-9-5-10;1-6-4-7(5-8-6)9-2-3-10-7/h1,4-5H,3H2,(H,9,10);6,8H,2-5H2,1H3. The summed E-state index contributed by atoms with van der Waals surface area (Å²) in [6.45, 7) is 5.03. The molecule has 0 bridgehead atoms. The van der Waals surface area contributed by atoms with E-state index in [0.29, 0.717) is 24.6 Å². The van der Waals surface area contributed by atoms with E-state index in [2.05, 4.69) is 17.6 Å². The van der Waals surface area contributed by atoms with Gasteiger partial charge in [-0.05, 0) is 13.0 Å². The molecule has 7 heteroatoms. The molecule has 2 aliphatic heterocycles. The van der Waals surface area contributed by atoms with E-state index in [1.54, 1.807) is 11.4 Å². The van der Waals surface area contributed by atoms with E-state index >= 15 is 0 Å². The van der Waals surface area contributed by atoms with Gasteiger partial charge in [-0.1, -0.05) is 0 Å². The first-order valence-electron chi connectivity index (χ1n) is 6.83. The minimum atomic E-state index is -0.251. The van der Waals surface area contributed by atoms with E-state index in [1.807, 2.05) is 6.07 Å². The van der Waals surface area contributed by atoms with Gasteiger partial charge in [0.1, 0.15) is 6.07 Å². The average Bonchev–Trinajstić information content (AvgIpc) is 3.21. The van der Waals surface area contributed by atoms with Crippen molar-refractivity contribution in [2.45, 2.75) is 31.7 Å². The van der Waals surface area contributed by atoms with Gasteiger partial charge < -0.3 is 20.1 Å². The van der Waals surface area contributed by atoms with Gasteiger partial charge in [0.2, 0.25) is 6.41 Å². The van der Waals surface area contributed by atoms with Crippen LogP contribution < -0.4 is 10.6 Å². The fourth-order valence-corrected chi connectivity index (χ4v) is 3.09. The summed E-state index contributed by atoms with van der Waals surface area (Å²) in [6, 6.07) is 4.32. The van der Waals surface area contributed by atoms with Crippen LogP contribution in [0, 0.1) is 11.3 Å². The van der Waals surface area contributed by atoms with Crippen molar-refractivity contribution in [3.63, 3.8) is 0 Å². The second kappa shape index (κ2) is 7.52. The van der Waals surface area contributed by atoms with Crippen LogP contribution in [0.25, 0.3) is 0 Å². The zero-order valence-electron chi connectivity index (χ0n) is 11.9. The number of hydrogen-bond donors (Lipinski definition) is 2. The highest BCUT2D eigenvalue weighted by Crippen LogP contribution is 2.28. The number of amides is 1. The Morgan fingerprint density at radius 3 is 2.90 bits per heavy atom. The number of rotatable bonds is 3. The van der Waals surface area contributed by atoms with Crippen LogP contribution in [0.5, 0.6) is 0 Å². The Bertz CT molecular complexity index is 506. The average molecular weight is 309 g/mol. The molecule has 3 rings (SSSR count). The van der Waals surface area contributed by atoms with Crippen molar-refractivity contribution in [1.82, 2.24) is 10.6 Å². The molecule has 0 aromatic carbocycles. The molecule has 2 N–H and O–H groups in total. The van der Waals surface area contributed by atoms with Crippen LogP contribution in [0.1, 0.15) is 23.8 Å². The zero-order valence-corrected chi connectivity index (χ0v) is 12.7. The zero-order chi connectivity index (χ0) is 15.1. The molecule has 3 heterocycles. The van der Waals surface area contributed by atoms with Crippen LogP contribution in [0.2, 0.25) is 0 Å². The molecule has 1 aromatic heterocycles. The summed E-state index contributed by atoms with van der Waals surface area (Å²) in [5, 5.41) is 16.0. The van der Waals surface area contributed by atoms with Gasteiger partial charge in [-0.15, -0.1) is 11.3 Å². The number of hydrogen-bond acceptors (Lipinski definition) is 6. The molecular weight excluding hydrogens is 290 g/mol. The van der Waals surface area contributed by atoms with Crippen LogP contribution in [0.15, 0.2) is 11.4 Å². The number of ether oxygens (including phenoxy) is 2. The van der Waals surface area contributed by atoms with Crippen LogP contribution in [-0.2, 0) is 20.8 Å². The number of nitrogens with zero attached hydrogens (tertiary/aromatic N) is 1. The van der Waals surface area contributed by atoms with Crippen LogP contribution in [0.3, 0.4) is 0 Å². The molecule has 6 nitrogen and oxygen atoms in total. The topological polar surface area (TPSA) is 83.4 Å². The third kappa shape index (κ3) is 4.51. The smallest absolute Gasteiger partial charge is 0.207 e. The maximum atomic E-state index is 9.88. The summed E-state index contributed by atoms with van der Waals surface area (Å²) in [7, 11) is 0. The van der Waals surface area contributed by atoms with Gasteiger partial charge in [-0.2, -0.15) is 5.26 Å². The number of carbonyl (C=O) groups excluding carboxylic acids is 1. The van der Waals surface area contributed by atoms with E-state index in [0.717, 1.165) is 31.1 Å². The van der Waals surface area contributed by atoms with Crippen molar-refractivity contribution in [2.75, 3.05) is 19.8 Å². The molecule has 2 fully saturated rings. The van der Waals surface area contributed by atoms with Crippen molar-refractivity contribution in [3.8, 4) is 6.07 Å². The first-order chi connectivity index (χ1) is 10.2. The van der Waals surface area contributed by atoms with Crippen LogP contribution in [0.4, 0.5) is 0 Å². The molecule has 1 unspecified atom stereocenters. The molecule has 1 aromatic rings. The maximum absolute atomic E-state index is 9.88. The highest BCUT2D eigenvalue weighted by Gasteiger charge is 2.42. The van der Waals surface area contributed by atoms with Crippen molar-refractivity contribution >= 4 is 17.7 Å². The lowest BCUT2D eigenvalue weighted by atomic mass is 10.2. The predicted octanol–water partition coefficient (Wildman–Crippen LogP) is 0.977. The Kier molecular flexibility index (Phi) is 5.70. The maximum Gasteiger partial charge on any atom is 0.207 e. The summed E-state index contributed by atoms with van der Waals surface area (Å²) in [5.41, 5.74) is 0.651. The molecule has 0 aliphatic carbocycles. The molecule has 0 radical (unpaired) electrons. The van der Waals surface area contributed by atoms with Crippen molar-refractivity contribution in [1.29, 1.82) is 5.26 Å². The number of carbonyl (C=O) groups is 1. The summed E-state index contributed by atoms with van der Waals surface area (Å²) in [5.74, 6) is -0.251. The lowest BCUT2D eigenvalue weighted by Crippen LogP contribution is -2.32. The molecule has 1 atom stereocenters. The molecule has 114 valence electrons. The van der Waals surface area contributed by atoms with Crippen molar-refractivity contribution in [2.24, 2.45) is 0 Å². The fraction of sp³-hybridized carbons (Fsp3) is 0.571. The SMILES string of the molecule is CC1CC2(CN1)OCCO2.N#Cc1csc(CNC=O)c1. The number of nitriles is 1. The van der Waals surface area contributed by atoms with Gasteiger partial charge in [-0.3, -0.25) is 4.79 Å². The second-order valence-electron chi connectivity index (χ2n) is 5.01. The summed E-state index contributed by atoms with van der Waals surface area (Å²) >= 11 is 1.47. The molecule has 0 saturated carbocycles. The van der Waals surface area contributed by atoms with Gasteiger partial charge in [0.05, 0.1) is 31.9 Å². The molecule has 1 amide bonds. The predicted molar refractivity (Wildman–Crippen MR) is 78.7 cm³/mol. The minimum absolute atomic E-state index is 0.251. The Morgan fingerprint density at radius 1 is 1.62 bits per heavy atom. The van der Waals surface area contributed by atoms with E-state index in [1.165, 1.54) is 11.3 Å². The van der Waals surface area contributed by atoms with E-state index < -0.39 is 0 Å². The van der Waals surface area contributed by atoms with Gasteiger partial charge in [0, 0.05) is 22.7 Å². The van der Waals surface area contributed by atoms with E-state index in [-0.39, 0.29) is 5.79 Å². The Labute approximate surface area is 128 Å². The van der Waals surface area contributed by atoms with Crippen LogP contribution in [-0.4, -0.2) is 38.0 Å². The van der Waals surface area contributed by atoms with Gasteiger partial charge in [0.25, 0.3) is 0 Å². The molecule has 21 heavy (non-hydrogen) atoms. The van der Waals surface area contributed by atoms with Crippen LogP contribution >= 0.6 is 11.3 Å². The van der Waals surface area contributed by atoms with Gasteiger partial charge in [0.15, 0.2) is 5.79 Å². The highest BCUT2D eigenvalue weighted by atomic mass is 32.1. The van der Waals surface area contributed by atoms with Crippen molar-refractivity contribution in [3.05, 3.63) is 21.9 Å². The summed E-state index contributed by atoms with van der Waals surface area (Å²) in [6.07, 6.45) is 1.64. The Balaban J connectivity index is 0.000000154. The minimum Gasteiger partial charge on any atom is -0.354 e. The third-order valence-corrected chi connectivity index (χ3v) is 4.23. The molecule has 2 aliphatic rings. The lowest BCUT2D eigenvalue weighted by Gasteiger charge is -2.19. The first-order valence-corrected chi connectivity index (χ1v) is 7.71. The molecular formula is C14H19N3O3S. The van der Waals surface area contributed by atoms with Crippen molar-refractivity contribution < 1.29 is 14.3 Å². The monoisotopic (exact) mass is 309 g/mol. The molecule has 2 saturated heterocycles. The van der Waals surface area contributed by atoms with E-state index in [9.17, 15) is 4.79 Å². The molecule has 1 spiro atoms. The van der Waals surface area contributed by atoms with E-state index in [4.69, 9.17) is 14.7 Å². The Morgan fingerprint density at radius 2 is 2.38 bits per heavy atom. The third-order valence-electron chi connectivity index (χ3n) is 3.29. The lowest BCUT2D eigenvalue weighted by molar-refractivity contribution is -0.140. The largest absolute Gasteiger partial charge is 0.354 e. The van der Waals surface area contributed by atoms with Gasteiger partial charge >= 0.3 is 0 Å². The second-order valence-corrected chi connectivity index (χ2v) is 6.00. The number of nitrogens with one attached hydrogen (secondary N) is 2. The normalized spacial score (nSPS) is 22.4. The number of thiophene rings is 1. The fourth-order valence-electron chi connectivity index (χ4n) is 2.33. The van der Waals surface area contributed by atoms with Gasteiger partial charge in [-0.25, -0.2) is 0 Å².